The van der Waals surface area contributed by atoms with Crippen LogP contribution >= 0.6 is 15.9 Å². The number of ether oxygens (including phenoxy) is 2. The number of nitrogens with one attached hydrogen (secondary N) is 1. The number of hydrogen-bond acceptors (Lipinski definition) is 6. The van der Waals surface area contributed by atoms with E-state index < -0.39 is 11.9 Å². The summed E-state index contributed by atoms with van der Waals surface area (Å²) in [4.78, 5) is 28.5. The van der Waals surface area contributed by atoms with Gasteiger partial charge in [-0.05, 0) is 71.7 Å². The van der Waals surface area contributed by atoms with Crippen molar-refractivity contribution in [3.63, 3.8) is 0 Å². The Bertz CT molecular complexity index is 1110. The van der Waals surface area contributed by atoms with Crippen LogP contribution in [-0.2, 0) is 0 Å². The first-order valence-electron chi connectivity index (χ1n) is 9.46. The lowest BCUT2D eigenvalue weighted by Gasteiger charge is -2.11. The fraction of sp³-hybridized carbons (Fsp3) is 0.130. The molecule has 0 saturated heterocycles. The van der Waals surface area contributed by atoms with Crippen molar-refractivity contribution in [2.45, 2.75) is 13.8 Å². The molecule has 0 aliphatic carbocycles. The molecular formula is C23H20BrN3O4. The minimum atomic E-state index is -0.475. The van der Waals surface area contributed by atoms with Crippen molar-refractivity contribution in [2.75, 3.05) is 6.61 Å². The molecule has 158 valence electrons. The lowest BCUT2D eigenvalue weighted by Crippen LogP contribution is -2.17. The molecule has 0 aliphatic rings. The zero-order valence-corrected chi connectivity index (χ0v) is 18.5. The second-order valence-corrected chi connectivity index (χ2v) is 7.40. The highest BCUT2D eigenvalue weighted by atomic mass is 79.9. The van der Waals surface area contributed by atoms with Gasteiger partial charge in [0.05, 0.1) is 23.9 Å². The second kappa shape index (κ2) is 10.5. The van der Waals surface area contributed by atoms with E-state index in [1.807, 2.05) is 26.0 Å². The van der Waals surface area contributed by atoms with Gasteiger partial charge in [0.15, 0.2) is 11.5 Å². The smallest absolute Gasteiger partial charge is 0.343 e. The van der Waals surface area contributed by atoms with Gasteiger partial charge >= 0.3 is 5.97 Å². The van der Waals surface area contributed by atoms with E-state index in [2.05, 4.69) is 31.4 Å². The van der Waals surface area contributed by atoms with E-state index in [1.54, 1.807) is 42.6 Å². The Morgan fingerprint density at radius 2 is 1.84 bits per heavy atom. The quantitative estimate of drug-likeness (QED) is 0.231. The van der Waals surface area contributed by atoms with E-state index in [0.717, 1.165) is 5.56 Å². The van der Waals surface area contributed by atoms with E-state index in [1.165, 1.54) is 12.4 Å². The Hall–Kier alpha value is -3.52. The van der Waals surface area contributed by atoms with Crippen LogP contribution in [0.5, 0.6) is 11.5 Å². The first kappa shape index (κ1) is 22.2. The average molecular weight is 482 g/mol. The number of halogens is 1. The summed E-state index contributed by atoms with van der Waals surface area (Å²) in [5.74, 6) is -0.167. The summed E-state index contributed by atoms with van der Waals surface area (Å²) in [7, 11) is 0. The molecule has 0 radical (unpaired) electrons. The molecule has 1 amide bonds. The number of benzene rings is 2. The van der Waals surface area contributed by atoms with E-state index in [0.29, 0.717) is 39.3 Å². The van der Waals surface area contributed by atoms with Gasteiger partial charge in [0.1, 0.15) is 0 Å². The number of pyridine rings is 1. The molecule has 31 heavy (non-hydrogen) atoms. The van der Waals surface area contributed by atoms with Gasteiger partial charge in [0.2, 0.25) is 0 Å². The van der Waals surface area contributed by atoms with E-state index in [-0.39, 0.29) is 0 Å². The molecule has 3 aromatic rings. The van der Waals surface area contributed by atoms with Gasteiger partial charge in [-0.25, -0.2) is 10.2 Å². The Labute approximate surface area is 188 Å². The second-order valence-electron chi connectivity index (χ2n) is 6.49. The minimum absolute atomic E-state index is 0.300. The zero-order valence-electron chi connectivity index (χ0n) is 17.0. The number of rotatable bonds is 7. The monoisotopic (exact) mass is 481 g/mol. The lowest BCUT2D eigenvalue weighted by molar-refractivity contribution is 0.0728. The SMILES string of the molecule is CCOc1cc(C=NNC(=O)c2cncc(Br)c2)ccc1OC(=O)c1ccc(C)cc1. The summed E-state index contributed by atoms with van der Waals surface area (Å²) in [5, 5.41) is 3.96. The lowest BCUT2D eigenvalue weighted by atomic mass is 10.1. The summed E-state index contributed by atoms with van der Waals surface area (Å²) in [5.41, 5.74) is 4.98. The van der Waals surface area contributed by atoms with Crippen LogP contribution in [0.1, 0.15) is 38.8 Å². The van der Waals surface area contributed by atoms with Crippen molar-refractivity contribution in [3.8, 4) is 11.5 Å². The normalized spacial score (nSPS) is 10.7. The van der Waals surface area contributed by atoms with Crippen molar-refractivity contribution < 1.29 is 19.1 Å². The van der Waals surface area contributed by atoms with Crippen LogP contribution in [0.15, 0.2) is 70.5 Å². The standard InChI is InChI=1S/C23H20BrN3O4/c1-3-30-21-10-16(12-26-27-22(28)18-11-19(24)14-25-13-18)6-9-20(21)31-23(29)17-7-4-15(2)5-8-17/h4-14H,3H2,1-2H3,(H,27,28). The third kappa shape index (κ3) is 6.23. The van der Waals surface area contributed by atoms with E-state index >= 15 is 0 Å². The third-order valence-electron chi connectivity index (χ3n) is 4.10. The van der Waals surface area contributed by atoms with Gasteiger partial charge in [0.25, 0.3) is 5.91 Å². The molecule has 2 aromatic carbocycles. The molecule has 0 bridgehead atoms. The molecule has 3 rings (SSSR count). The number of carbonyl (C=O) groups excluding carboxylic acids is 2. The molecule has 1 N–H and O–H groups in total. The largest absolute Gasteiger partial charge is 0.490 e. The van der Waals surface area contributed by atoms with Crippen LogP contribution in [-0.4, -0.2) is 29.7 Å². The molecule has 0 unspecified atom stereocenters. The maximum absolute atomic E-state index is 12.4. The number of hydrazone groups is 1. The average Bonchev–Trinajstić information content (AvgIpc) is 2.76. The van der Waals surface area contributed by atoms with Crippen molar-refractivity contribution in [1.82, 2.24) is 10.4 Å². The van der Waals surface area contributed by atoms with Crippen LogP contribution in [0, 0.1) is 6.92 Å². The molecule has 1 heterocycles. The van der Waals surface area contributed by atoms with Gasteiger partial charge < -0.3 is 9.47 Å². The highest BCUT2D eigenvalue weighted by Crippen LogP contribution is 2.29. The maximum Gasteiger partial charge on any atom is 0.343 e. The van der Waals surface area contributed by atoms with Crippen LogP contribution in [0.2, 0.25) is 0 Å². The Morgan fingerprint density at radius 3 is 2.55 bits per heavy atom. The first-order chi connectivity index (χ1) is 15.0. The molecule has 0 atom stereocenters. The van der Waals surface area contributed by atoms with Gasteiger partial charge in [0, 0.05) is 16.9 Å². The summed E-state index contributed by atoms with van der Waals surface area (Å²) in [6.07, 6.45) is 4.50. The molecule has 1 aromatic heterocycles. The fourth-order valence-corrected chi connectivity index (χ4v) is 2.94. The topological polar surface area (TPSA) is 89.9 Å². The highest BCUT2D eigenvalue weighted by Gasteiger charge is 2.13. The predicted molar refractivity (Wildman–Crippen MR) is 121 cm³/mol. The zero-order chi connectivity index (χ0) is 22.2. The molecule has 0 aliphatic heterocycles. The number of aryl methyl sites for hydroxylation is 1. The minimum Gasteiger partial charge on any atom is -0.490 e. The molecule has 0 fully saturated rings. The van der Waals surface area contributed by atoms with Gasteiger partial charge in [-0.1, -0.05) is 17.7 Å². The van der Waals surface area contributed by atoms with Crippen molar-refractivity contribution in [2.24, 2.45) is 5.10 Å². The summed E-state index contributed by atoms with van der Waals surface area (Å²) in [6.45, 7) is 4.17. The molecule has 7 nitrogen and oxygen atoms in total. The third-order valence-corrected chi connectivity index (χ3v) is 4.54. The van der Waals surface area contributed by atoms with Gasteiger partial charge in [-0.15, -0.1) is 0 Å². The van der Waals surface area contributed by atoms with Crippen molar-refractivity contribution in [1.29, 1.82) is 0 Å². The molecule has 8 heteroatoms. The predicted octanol–water partition coefficient (Wildman–Crippen LogP) is 4.53. The molecule has 0 saturated carbocycles. The Morgan fingerprint density at radius 1 is 1.06 bits per heavy atom. The fourth-order valence-electron chi connectivity index (χ4n) is 2.57. The van der Waals surface area contributed by atoms with Crippen LogP contribution in [0.4, 0.5) is 0 Å². The van der Waals surface area contributed by atoms with E-state index in [4.69, 9.17) is 9.47 Å². The summed E-state index contributed by atoms with van der Waals surface area (Å²) < 4.78 is 11.8. The van der Waals surface area contributed by atoms with Crippen molar-refractivity contribution >= 4 is 34.0 Å². The maximum atomic E-state index is 12.4. The van der Waals surface area contributed by atoms with Gasteiger partial charge in [-0.2, -0.15) is 5.10 Å². The summed E-state index contributed by atoms with van der Waals surface area (Å²) >= 11 is 3.27. The van der Waals surface area contributed by atoms with Crippen LogP contribution < -0.4 is 14.9 Å². The van der Waals surface area contributed by atoms with Crippen LogP contribution in [0.3, 0.4) is 0 Å². The number of aromatic nitrogens is 1. The number of esters is 1. The number of nitrogens with zero attached hydrogens (tertiary/aromatic N) is 2. The Kier molecular flexibility index (Phi) is 7.50. The van der Waals surface area contributed by atoms with Crippen LogP contribution in [0.25, 0.3) is 0 Å². The number of carbonyl (C=O) groups is 2. The number of hydrogen-bond donors (Lipinski definition) is 1. The molecule has 0 spiro atoms. The summed E-state index contributed by atoms with van der Waals surface area (Å²) in [6, 6.07) is 13.8. The number of amides is 1. The van der Waals surface area contributed by atoms with Gasteiger partial charge in [-0.3, -0.25) is 9.78 Å². The molecular weight excluding hydrogens is 462 g/mol. The van der Waals surface area contributed by atoms with E-state index in [9.17, 15) is 9.59 Å². The Balaban J connectivity index is 1.70. The van der Waals surface area contributed by atoms with Crippen molar-refractivity contribution in [3.05, 3.63) is 87.7 Å². The first-order valence-corrected chi connectivity index (χ1v) is 10.2. The highest BCUT2D eigenvalue weighted by molar-refractivity contribution is 9.10.